The lowest BCUT2D eigenvalue weighted by atomic mass is 10.1. The van der Waals surface area contributed by atoms with Crippen LogP contribution >= 0.6 is 23.7 Å². The summed E-state index contributed by atoms with van der Waals surface area (Å²) in [6.07, 6.45) is 2.63. The Hall–Kier alpha value is -0.870. The fraction of sp³-hybridized carbons (Fsp3) is 0.615. The van der Waals surface area contributed by atoms with Gasteiger partial charge < -0.3 is 15.2 Å². The third-order valence-electron chi connectivity index (χ3n) is 3.78. The number of nitrogens with two attached hydrogens (primary N) is 1. The number of carbonyl (C=O) groups excluding carboxylic acids is 1. The van der Waals surface area contributed by atoms with Crippen molar-refractivity contribution >= 4 is 39.7 Å². The summed E-state index contributed by atoms with van der Waals surface area (Å²) < 4.78 is 37.5. The number of hydrogen-bond donors (Lipinski definition) is 2. The van der Waals surface area contributed by atoms with E-state index in [9.17, 15) is 13.2 Å². The van der Waals surface area contributed by atoms with E-state index in [0.717, 1.165) is 30.6 Å². The molecule has 0 aromatic carbocycles. The molecule has 2 atom stereocenters. The molecule has 1 aliphatic carbocycles. The maximum atomic E-state index is 12.6. The van der Waals surface area contributed by atoms with E-state index in [4.69, 9.17) is 10.5 Å². The first-order valence-corrected chi connectivity index (χ1v) is 9.21. The molecule has 0 saturated heterocycles. The lowest BCUT2D eigenvalue weighted by Gasteiger charge is -2.19. The molecule has 1 aromatic heterocycles. The van der Waals surface area contributed by atoms with Crippen molar-refractivity contribution < 1.29 is 22.7 Å². The molecule has 0 amide bonds. The van der Waals surface area contributed by atoms with E-state index in [-0.39, 0.29) is 39.2 Å². The molecular formula is C13H21ClN2O5S2. The first-order chi connectivity index (χ1) is 10.4. The van der Waals surface area contributed by atoms with Gasteiger partial charge in [-0.3, -0.25) is 0 Å². The quantitative estimate of drug-likeness (QED) is 0.717. The predicted molar refractivity (Wildman–Crippen MR) is 90.0 cm³/mol. The van der Waals surface area contributed by atoms with E-state index in [1.54, 1.807) is 0 Å². The van der Waals surface area contributed by atoms with Crippen LogP contribution in [0.15, 0.2) is 10.3 Å². The van der Waals surface area contributed by atoms with Gasteiger partial charge in [-0.2, -0.15) is 0 Å². The van der Waals surface area contributed by atoms with Crippen LogP contribution in [0.2, 0.25) is 0 Å². The van der Waals surface area contributed by atoms with Gasteiger partial charge in [0.2, 0.25) is 0 Å². The molecule has 0 bridgehead atoms. The molecule has 1 fully saturated rings. The summed E-state index contributed by atoms with van der Waals surface area (Å²) >= 11 is 0.835. The summed E-state index contributed by atoms with van der Waals surface area (Å²) in [5, 5.41) is 0. The highest BCUT2D eigenvalue weighted by atomic mass is 35.5. The maximum absolute atomic E-state index is 12.6. The van der Waals surface area contributed by atoms with Crippen molar-refractivity contribution in [2.45, 2.75) is 29.5 Å². The van der Waals surface area contributed by atoms with E-state index in [2.05, 4.69) is 9.46 Å². The monoisotopic (exact) mass is 384 g/mol. The molecule has 1 aliphatic rings. The van der Waals surface area contributed by atoms with Crippen LogP contribution in [0.1, 0.15) is 28.9 Å². The first-order valence-electron chi connectivity index (χ1n) is 6.91. The van der Waals surface area contributed by atoms with Crippen molar-refractivity contribution in [2.24, 2.45) is 11.7 Å². The predicted octanol–water partition coefficient (Wildman–Crippen LogP) is 1.37. The van der Waals surface area contributed by atoms with E-state index >= 15 is 0 Å². The highest BCUT2D eigenvalue weighted by molar-refractivity contribution is 7.91. The molecule has 3 N–H and O–H groups in total. The Labute approximate surface area is 146 Å². The fourth-order valence-corrected chi connectivity index (χ4v) is 5.47. The van der Waals surface area contributed by atoms with Crippen molar-refractivity contribution in [3.8, 4) is 5.75 Å². The van der Waals surface area contributed by atoms with Crippen molar-refractivity contribution in [1.82, 2.24) is 4.72 Å². The zero-order chi connectivity index (χ0) is 16.3. The van der Waals surface area contributed by atoms with Crippen molar-refractivity contribution in [1.29, 1.82) is 0 Å². The van der Waals surface area contributed by atoms with Gasteiger partial charge in [-0.15, -0.1) is 23.7 Å². The van der Waals surface area contributed by atoms with Gasteiger partial charge in [0.25, 0.3) is 10.0 Å². The molecule has 2 rings (SSSR count). The number of rotatable bonds is 6. The minimum atomic E-state index is -3.77. The number of halogens is 1. The summed E-state index contributed by atoms with van der Waals surface area (Å²) in [7, 11) is -1.17. The van der Waals surface area contributed by atoms with Crippen LogP contribution in [-0.2, 0) is 14.8 Å². The van der Waals surface area contributed by atoms with Gasteiger partial charge in [-0.25, -0.2) is 17.9 Å². The van der Waals surface area contributed by atoms with Gasteiger partial charge in [0, 0.05) is 12.1 Å². The van der Waals surface area contributed by atoms with Crippen molar-refractivity contribution in [3.05, 3.63) is 10.9 Å². The van der Waals surface area contributed by atoms with Crippen LogP contribution in [0.4, 0.5) is 0 Å². The number of sulfonamides is 1. The maximum Gasteiger partial charge on any atom is 0.348 e. The van der Waals surface area contributed by atoms with Gasteiger partial charge in [-0.05, 0) is 25.3 Å². The van der Waals surface area contributed by atoms with E-state index in [1.807, 2.05) is 0 Å². The molecule has 10 heteroatoms. The number of thiophene rings is 1. The Morgan fingerprint density at radius 3 is 2.70 bits per heavy atom. The Balaban J connectivity index is 0.00000264. The second-order valence-electron chi connectivity index (χ2n) is 5.11. The van der Waals surface area contributed by atoms with E-state index < -0.39 is 16.0 Å². The molecule has 2 unspecified atom stereocenters. The van der Waals surface area contributed by atoms with Crippen molar-refractivity contribution in [3.63, 3.8) is 0 Å². The second kappa shape index (κ2) is 8.29. The van der Waals surface area contributed by atoms with Gasteiger partial charge in [0.15, 0.2) is 9.96 Å². The Kier molecular flexibility index (Phi) is 7.28. The van der Waals surface area contributed by atoms with Crippen molar-refractivity contribution in [2.75, 3.05) is 20.8 Å². The standard InChI is InChI=1S/C13H20N2O5S2.ClH/c1-19-10-6-11(12(16)20-2)21-13(10)22(17,18)15-9-5-3-4-8(9)7-14;/h6,8-9,15H,3-5,7,14H2,1-2H3;1H. The van der Waals surface area contributed by atoms with Crippen LogP contribution in [0.25, 0.3) is 0 Å². The van der Waals surface area contributed by atoms with Gasteiger partial charge in [-0.1, -0.05) is 6.42 Å². The zero-order valence-electron chi connectivity index (χ0n) is 12.9. The summed E-state index contributed by atoms with van der Waals surface area (Å²) in [5.41, 5.74) is 5.68. The third kappa shape index (κ3) is 4.36. The minimum absolute atomic E-state index is 0. The molecule has 7 nitrogen and oxygen atoms in total. The van der Waals surface area contributed by atoms with E-state index in [1.165, 1.54) is 20.3 Å². The number of hydrogen-bond acceptors (Lipinski definition) is 7. The highest BCUT2D eigenvalue weighted by Crippen LogP contribution is 2.35. The average Bonchev–Trinajstić information content (AvgIpc) is 3.12. The Bertz CT molecular complexity index is 647. The average molecular weight is 385 g/mol. The van der Waals surface area contributed by atoms with Crippen LogP contribution in [0, 0.1) is 5.92 Å². The first kappa shape index (κ1) is 20.2. The summed E-state index contributed by atoms with van der Waals surface area (Å²) in [6.45, 7) is 0.447. The summed E-state index contributed by atoms with van der Waals surface area (Å²) in [5.74, 6) is -0.313. The van der Waals surface area contributed by atoms with Crippen LogP contribution in [0.3, 0.4) is 0 Å². The second-order valence-corrected chi connectivity index (χ2v) is 8.07. The molecular weight excluding hydrogens is 364 g/mol. The number of carbonyl (C=O) groups is 1. The lowest BCUT2D eigenvalue weighted by molar-refractivity contribution is 0.0606. The van der Waals surface area contributed by atoms with Crippen LogP contribution < -0.4 is 15.2 Å². The third-order valence-corrected chi connectivity index (χ3v) is 6.89. The molecule has 0 spiro atoms. The van der Waals surface area contributed by atoms with E-state index in [0.29, 0.717) is 6.54 Å². The molecule has 0 aliphatic heterocycles. The van der Waals surface area contributed by atoms with Crippen LogP contribution in [-0.4, -0.2) is 41.2 Å². The largest absolute Gasteiger partial charge is 0.494 e. The van der Waals surface area contributed by atoms with Crippen LogP contribution in [0.5, 0.6) is 5.75 Å². The molecule has 1 heterocycles. The number of methoxy groups -OCH3 is 2. The van der Waals surface area contributed by atoms with Gasteiger partial charge in [0.1, 0.15) is 4.88 Å². The number of ether oxygens (including phenoxy) is 2. The smallest absolute Gasteiger partial charge is 0.348 e. The fourth-order valence-electron chi connectivity index (χ4n) is 2.62. The number of nitrogens with one attached hydrogen (secondary N) is 1. The SMILES string of the molecule is COC(=O)c1cc(OC)c(S(=O)(=O)NC2CCCC2CN)s1.Cl. The summed E-state index contributed by atoms with van der Waals surface area (Å²) in [4.78, 5) is 11.7. The number of esters is 1. The summed E-state index contributed by atoms with van der Waals surface area (Å²) in [6, 6.07) is 1.20. The highest BCUT2D eigenvalue weighted by Gasteiger charge is 2.33. The Morgan fingerprint density at radius 1 is 1.43 bits per heavy atom. The molecule has 0 radical (unpaired) electrons. The normalized spacial score (nSPS) is 20.8. The van der Waals surface area contributed by atoms with Gasteiger partial charge >= 0.3 is 5.97 Å². The van der Waals surface area contributed by atoms with Gasteiger partial charge in [0.05, 0.1) is 14.2 Å². The molecule has 132 valence electrons. The molecule has 23 heavy (non-hydrogen) atoms. The zero-order valence-corrected chi connectivity index (χ0v) is 15.4. The lowest BCUT2D eigenvalue weighted by Crippen LogP contribution is -2.39. The topological polar surface area (TPSA) is 108 Å². The molecule has 1 saturated carbocycles. The Morgan fingerprint density at radius 2 is 2.13 bits per heavy atom. The minimum Gasteiger partial charge on any atom is -0.494 e. The molecule has 1 aromatic rings.